The van der Waals surface area contributed by atoms with E-state index in [2.05, 4.69) is 5.32 Å². The van der Waals surface area contributed by atoms with Crippen LogP contribution >= 0.6 is 0 Å². The Labute approximate surface area is 206 Å². The molecule has 0 radical (unpaired) electrons. The van der Waals surface area contributed by atoms with Gasteiger partial charge in [-0.3, -0.25) is 9.59 Å². The van der Waals surface area contributed by atoms with E-state index < -0.39 is 23.7 Å². The Balaban J connectivity index is 1.52. The molecule has 5 rings (SSSR count). The molecule has 1 saturated carbocycles. The molecule has 3 aromatic carbocycles. The van der Waals surface area contributed by atoms with Crippen LogP contribution in [0.2, 0.25) is 0 Å². The van der Waals surface area contributed by atoms with Crippen LogP contribution in [0, 0.1) is 0 Å². The lowest BCUT2D eigenvalue weighted by atomic mass is 9.79. The molecule has 0 aromatic heterocycles. The van der Waals surface area contributed by atoms with Crippen molar-refractivity contribution in [1.82, 2.24) is 10.2 Å². The van der Waals surface area contributed by atoms with Crippen LogP contribution in [0.3, 0.4) is 0 Å². The smallest absolute Gasteiger partial charge is 0.416 e. The van der Waals surface area contributed by atoms with E-state index in [1.54, 1.807) is 48.4 Å². The third-order valence-electron chi connectivity index (χ3n) is 6.76. The van der Waals surface area contributed by atoms with Crippen LogP contribution in [0.4, 0.5) is 13.2 Å². The van der Waals surface area contributed by atoms with Gasteiger partial charge in [0, 0.05) is 18.2 Å². The molecule has 0 unspecified atom stereocenters. The Morgan fingerprint density at radius 3 is 2.50 bits per heavy atom. The number of halogens is 3. The SMILES string of the molecule is COc1cccc([C@H]2[C@@H](C(=O)NCc3cccc(C(F)(F)F)c3)c3ccccc3C(=O)N2C2CC2)c1. The van der Waals surface area contributed by atoms with Gasteiger partial charge in [0.15, 0.2) is 0 Å². The molecule has 1 N–H and O–H groups in total. The van der Waals surface area contributed by atoms with Gasteiger partial charge < -0.3 is 15.0 Å². The van der Waals surface area contributed by atoms with Gasteiger partial charge in [0.1, 0.15) is 5.75 Å². The minimum atomic E-state index is -4.47. The van der Waals surface area contributed by atoms with E-state index in [1.807, 2.05) is 18.2 Å². The first-order valence-corrected chi connectivity index (χ1v) is 11.8. The topological polar surface area (TPSA) is 58.6 Å². The van der Waals surface area contributed by atoms with Crippen molar-refractivity contribution in [2.45, 2.75) is 43.6 Å². The van der Waals surface area contributed by atoms with Gasteiger partial charge >= 0.3 is 6.18 Å². The molecule has 0 bridgehead atoms. The summed E-state index contributed by atoms with van der Waals surface area (Å²) in [6.45, 7) is -0.0658. The molecular formula is C28H25F3N2O3. The zero-order chi connectivity index (χ0) is 25.4. The van der Waals surface area contributed by atoms with E-state index in [4.69, 9.17) is 4.74 Å². The molecule has 36 heavy (non-hydrogen) atoms. The molecule has 3 aromatic rings. The number of rotatable bonds is 6. The highest BCUT2D eigenvalue weighted by Crippen LogP contribution is 2.48. The second-order valence-corrected chi connectivity index (χ2v) is 9.15. The Bertz CT molecular complexity index is 1300. The second-order valence-electron chi connectivity index (χ2n) is 9.15. The normalized spacial score (nSPS) is 19.6. The predicted molar refractivity (Wildman–Crippen MR) is 127 cm³/mol. The van der Waals surface area contributed by atoms with Gasteiger partial charge in [-0.25, -0.2) is 0 Å². The maximum absolute atomic E-state index is 13.7. The van der Waals surface area contributed by atoms with E-state index >= 15 is 0 Å². The molecule has 2 aliphatic rings. The molecule has 1 heterocycles. The number of nitrogens with one attached hydrogen (secondary N) is 1. The maximum Gasteiger partial charge on any atom is 0.416 e. The molecule has 0 spiro atoms. The molecule has 8 heteroatoms. The number of carbonyl (C=O) groups is 2. The Kier molecular flexibility index (Phi) is 6.20. The summed E-state index contributed by atoms with van der Waals surface area (Å²) in [5.41, 5.74) is 1.42. The van der Waals surface area contributed by atoms with E-state index in [0.717, 1.165) is 30.5 Å². The van der Waals surface area contributed by atoms with Crippen LogP contribution in [0.25, 0.3) is 0 Å². The summed E-state index contributed by atoms with van der Waals surface area (Å²) in [4.78, 5) is 29.1. The minimum absolute atomic E-state index is 0.0285. The summed E-state index contributed by atoms with van der Waals surface area (Å²) in [6, 6.07) is 18.7. The molecule has 186 valence electrons. The van der Waals surface area contributed by atoms with Gasteiger partial charge in [0.25, 0.3) is 5.91 Å². The lowest BCUT2D eigenvalue weighted by molar-refractivity contribution is -0.137. The number of methoxy groups -OCH3 is 1. The van der Waals surface area contributed by atoms with Gasteiger partial charge in [-0.05, 0) is 59.9 Å². The van der Waals surface area contributed by atoms with Crippen molar-refractivity contribution in [1.29, 1.82) is 0 Å². The molecule has 2 atom stereocenters. The van der Waals surface area contributed by atoms with Crippen LogP contribution in [-0.4, -0.2) is 29.9 Å². The number of amides is 2. The van der Waals surface area contributed by atoms with Gasteiger partial charge in [-0.2, -0.15) is 13.2 Å². The molecule has 1 aliphatic carbocycles. The summed E-state index contributed by atoms with van der Waals surface area (Å²) < 4.78 is 44.8. The molecular weight excluding hydrogens is 469 g/mol. The largest absolute Gasteiger partial charge is 0.497 e. The number of ether oxygens (including phenoxy) is 1. The van der Waals surface area contributed by atoms with Crippen molar-refractivity contribution in [3.05, 3.63) is 101 Å². The Morgan fingerprint density at radius 1 is 1.03 bits per heavy atom. The summed E-state index contributed by atoms with van der Waals surface area (Å²) in [6.07, 6.45) is -2.76. The number of nitrogens with zero attached hydrogens (tertiary/aromatic N) is 1. The Morgan fingerprint density at radius 2 is 1.78 bits per heavy atom. The third-order valence-corrected chi connectivity index (χ3v) is 6.76. The maximum atomic E-state index is 13.7. The standard InChI is InChI=1S/C28H25F3N2O3/c1-36-21-9-5-7-18(15-21)25-24(22-10-2-3-11-23(22)27(35)33(25)20-12-13-20)26(34)32-16-17-6-4-8-19(14-17)28(29,30)31/h2-11,14-15,20,24-25H,12-13,16H2,1H3,(H,32,34)/t24-,25-/m0/s1. The highest BCUT2D eigenvalue weighted by atomic mass is 19.4. The monoisotopic (exact) mass is 494 g/mol. The van der Waals surface area contributed by atoms with Crippen molar-refractivity contribution in [3.8, 4) is 5.75 Å². The number of fused-ring (bicyclic) bond motifs is 1. The molecule has 1 fully saturated rings. The summed E-state index contributed by atoms with van der Waals surface area (Å²) in [5, 5.41) is 2.84. The summed E-state index contributed by atoms with van der Waals surface area (Å²) >= 11 is 0. The third kappa shape index (κ3) is 4.55. The predicted octanol–water partition coefficient (Wildman–Crippen LogP) is 5.47. The van der Waals surface area contributed by atoms with Gasteiger partial charge in [-0.1, -0.05) is 42.5 Å². The van der Waals surface area contributed by atoms with Crippen molar-refractivity contribution in [2.24, 2.45) is 0 Å². The highest BCUT2D eigenvalue weighted by molar-refractivity contribution is 6.01. The van der Waals surface area contributed by atoms with E-state index in [0.29, 0.717) is 22.4 Å². The highest BCUT2D eigenvalue weighted by Gasteiger charge is 2.49. The average molecular weight is 495 g/mol. The number of hydrogen-bond donors (Lipinski definition) is 1. The van der Waals surface area contributed by atoms with Gasteiger partial charge in [0.05, 0.1) is 24.6 Å². The zero-order valence-electron chi connectivity index (χ0n) is 19.6. The fourth-order valence-electron chi connectivity index (χ4n) is 4.92. The minimum Gasteiger partial charge on any atom is -0.497 e. The van der Waals surface area contributed by atoms with Crippen molar-refractivity contribution < 1.29 is 27.5 Å². The number of hydrogen-bond acceptors (Lipinski definition) is 3. The average Bonchev–Trinajstić information content (AvgIpc) is 3.72. The molecule has 0 saturated heterocycles. The molecule has 1 aliphatic heterocycles. The number of carbonyl (C=O) groups excluding carboxylic acids is 2. The van der Waals surface area contributed by atoms with Crippen LogP contribution in [0.5, 0.6) is 5.75 Å². The first-order chi connectivity index (χ1) is 17.3. The van der Waals surface area contributed by atoms with Crippen molar-refractivity contribution in [2.75, 3.05) is 7.11 Å². The summed E-state index contributed by atoms with van der Waals surface area (Å²) in [5.74, 6) is -0.608. The van der Waals surface area contributed by atoms with Crippen LogP contribution in [0.1, 0.15) is 57.4 Å². The van der Waals surface area contributed by atoms with Gasteiger partial charge in [0.2, 0.25) is 5.91 Å². The van der Waals surface area contributed by atoms with Crippen molar-refractivity contribution in [3.63, 3.8) is 0 Å². The van der Waals surface area contributed by atoms with Crippen LogP contribution in [0.15, 0.2) is 72.8 Å². The second kappa shape index (κ2) is 9.33. The van der Waals surface area contributed by atoms with E-state index in [9.17, 15) is 22.8 Å². The van der Waals surface area contributed by atoms with Crippen LogP contribution in [-0.2, 0) is 17.5 Å². The fraction of sp³-hybridized carbons (Fsp3) is 0.286. The first kappa shape index (κ1) is 23.9. The quantitative estimate of drug-likeness (QED) is 0.494. The summed E-state index contributed by atoms with van der Waals surface area (Å²) in [7, 11) is 1.55. The van der Waals surface area contributed by atoms with E-state index in [-0.39, 0.29) is 24.4 Å². The number of alkyl halides is 3. The van der Waals surface area contributed by atoms with E-state index in [1.165, 1.54) is 6.07 Å². The van der Waals surface area contributed by atoms with Gasteiger partial charge in [-0.15, -0.1) is 0 Å². The fourth-order valence-corrected chi connectivity index (χ4v) is 4.92. The first-order valence-electron chi connectivity index (χ1n) is 11.8. The lowest BCUT2D eigenvalue weighted by Crippen LogP contribution is -2.48. The number of benzene rings is 3. The molecule has 2 amide bonds. The van der Waals surface area contributed by atoms with Crippen LogP contribution < -0.4 is 10.1 Å². The van der Waals surface area contributed by atoms with Crippen molar-refractivity contribution >= 4 is 11.8 Å². The molecule has 5 nitrogen and oxygen atoms in total. The Hall–Kier alpha value is -3.81. The zero-order valence-corrected chi connectivity index (χ0v) is 19.6. The lowest BCUT2D eigenvalue weighted by Gasteiger charge is -2.42.